The number of aromatic nitrogens is 1. The monoisotopic (exact) mass is 287 g/mol. The van der Waals surface area contributed by atoms with Gasteiger partial charge in [0.25, 0.3) is 0 Å². The molecule has 2 aromatic rings. The number of ether oxygens (including phenoxy) is 3. The summed E-state index contributed by atoms with van der Waals surface area (Å²) in [5, 5.41) is 9.33. The number of hydrogen-bond acceptors (Lipinski definition) is 5. The fourth-order valence-corrected chi connectivity index (χ4v) is 2.21. The number of benzene rings is 1. The molecule has 0 unspecified atom stereocenters. The first kappa shape index (κ1) is 13.7. The van der Waals surface area contributed by atoms with E-state index in [0.717, 1.165) is 24.1 Å². The van der Waals surface area contributed by atoms with Crippen molar-refractivity contribution in [2.24, 2.45) is 0 Å². The average molecular weight is 287 g/mol. The summed E-state index contributed by atoms with van der Waals surface area (Å²) < 4.78 is 16.4. The lowest BCUT2D eigenvalue weighted by Crippen LogP contribution is -1.97. The van der Waals surface area contributed by atoms with E-state index < -0.39 is 0 Å². The molecule has 1 aliphatic rings. The highest BCUT2D eigenvalue weighted by atomic mass is 16.7. The van der Waals surface area contributed by atoms with Crippen LogP contribution in [-0.4, -0.2) is 16.9 Å². The lowest BCUT2D eigenvalue weighted by Gasteiger charge is -2.09. The van der Waals surface area contributed by atoms with Crippen LogP contribution in [0.2, 0.25) is 0 Å². The Bertz CT molecular complexity index is 642. The first-order chi connectivity index (χ1) is 10.3. The Balaban J connectivity index is 1.85. The molecule has 0 saturated carbocycles. The van der Waals surface area contributed by atoms with Crippen molar-refractivity contribution in [3.63, 3.8) is 0 Å². The summed E-state index contributed by atoms with van der Waals surface area (Å²) in [4.78, 5) is 4.45. The molecule has 0 bridgehead atoms. The third kappa shape index (κ3) is 3.08. The lowest BCUT2D eigenvalue weighted by atomic mass is 10.2. The minimum absolute atomic E-state index is 0.0310. The zero-order valence-electron chi connectivity index (χ0n) is 11.8. The van der Waals surface area contributed by atoms with Gasteiger partial charge < -0.3 is 19.3 Å². The van der Waals surface area contributed by atoms with E-state index in [1.807, 2.05) is 6.07 Å². The first-order valence-corrected chi connectivity index (χ1v) is 6.96. The van der Waals surface area contributed by atoms with Crippen molar-refractivity contribution >= 4 is 0 Å². The molecule has 21 heavy (non-hydrogen) atoms. The van der Waals surface area contributed by atoms with Crippen LogP contribution in [0.25, 0.3) is 0 Å². The van der Waals surface area contributed by atoms with Gasteiger partial charge in [-0.2, -0.15) is 0 Å². The van der Waals surface area contributed by atoms with Crippen molar-refractivity contribution in [2.75, 3.05) is 6.79 Å². The molecule has 5 nitrogen and oxygen atoms in total. The van der Waals surface area contributed by atoms with E-state index >= 15 is 0 Å². The van der Waals surface area contributed by atoms with Crippen LogP contribution in [0.15, 0.2) is 30.3 Å². The first-order valence-electron chi connectivity index (χ1n) is 6.96. The Labute approximate surface area is 123 Å². The molecule has 2 heterocycles. The van der Waals surface area contributed by atoms with Gasteiger partial charge in [0.05, 0.1) is 6.61 Å². The summed E-state index contributed by atoms with van der Waals surface area (Å²) in [6, 6.07) is 9.02. The number of nitrogens with zero attached hydrogens (tertiary/aromatic N) is 1. The second kappa shape index (κ2) is 6.01. The van der Waals surface area contributed by atoms with Gasteiger partial charge in [-0.25, -0.2) is 4.98 Å². The van der Waals surface area contributed by atoms with Crippen molar-refractivity contribution in [1.29, 1.82) is 0 Å². The Hall–Kier alpha value is -2.27. The summed E-state index contributed by atoms with van der Waals surface area (Å²) in [5.74, 6) is 2.49. The van der Waals surface area contributed by atoms with Crippen LogP contribution >= 0.6 is 0 Å². The van der Waals surface area contributed by atoms with Gasteiger partial charge >= 0.3 is 0 Å². The van der Waals surface area contributed by atoms with E-state index in [1.54, 1.807) is 24.3 Å². The van der Waals surface area contributed by atoms with Crippen molar-refractivity contribution < 1.29 is 19.3 Å². The predicted molar refractivity (Wildman–Crippen MR) is 76.8 cm³/mol. The zero-order chi connectivity index (χ0) is 14.7. The predicted octanol–water partition coefficient (Wildman–Crippen LogP) is 3.05. The van der Waals surface area contributed by atoms with Gasteiger partial charge in [-0.05, 0) is 30.2 Å². The maximum absolute atomic E-state index is 9.33. The number of aliphatic hydroxyl groups is 1. The molecule has 1 N–H and O–H groups in total. The van der Waals surface area contributed by atoms with Crippen LogP contribution in [0.1, 0.15) is 24.6 Å². The van der Waals surface area contributed by atoms with Crippen LogP contribution in [-0.2, 0) is 13.0 Å². The largest absolute Gasteiger partial charge is 0.454 e. The third-order valence-electron chi connectivity index (χ3n) is 3.17. The van der Waals surface area contributed by atoms with E-state index in [-0.39, 0.29) is 13.4 Å². The number of rotatable bonds is 5. The smallest absolute Gasteiger partial charge is 0.231 e. The number of aliphatic hydroxyl groups excluding tert-OH is 1. The van der Waals surface area contributed by atoms with Gasteiger partial charge in [-0.1, -0.05) is 13.3 Å². The Morgan fingerprint density at radius 3 is 2.86 bits per heavy atom. The van der Waals surface area contributed by atoms with Crippen LogP contribution in [0.3, 0.4) is 0 Å². The summed E-state index contributed by atoms with van der Waals surface area (Å²) in [5.41, 5.74) is 1.71. The average Bonchev–Trinajstić information content (AvgIpc) is 2.95. The molecule has 110 valence electrons. The summed E-state index contributed by atoms with van der Waals surface area (Å²) >= 11 is 0. The third-order valence-corrected chi connectivity index (χ3v) is 3.17. The Kier molecular flexibility index (Phi) is 3.92. The highest BCUT2D eigenvalue weighted by Gasteiger charge is 2.14. The molecule has 0 fully saturated rings. The van der Waals surface area contributed by atoms with Crippen LogP contribution in [0.5, 0.6) is 23.1 Å². The zero-order valence-corrected chi connectivity index (χ0v) is 11.8. The second-order valence-corrected chi connectivity index (χ2v) is 4.83. The van der Waals surface area contributed by atoms with E-state index in [9.17, 15) is 5.11 Å². The van der Waals surface area contributed by atoms with Gasteiger partial charge in [0.15, 0.2) is 11.5 Å². The van der Waals surface area contributed by atoms with E-state index in [0.29, 0.717) is 23.1 Å². The molecule has 0 atom stereocenters. The number of pyridine rings is 1. The van der Waals surface area contributed by atoms with Crippen LogP contribution in [0.4, 0.5) is 0 Å². The topological polar surface area (TPSA) is 60.8 Å². The van der Waals surface area contributed by atoms with Gasteiger partial charge in [-0.15, -0.1) is 0 Å². The Morgan fingerprint density at radius 1 is 1.19 bits per heavy atom. The number of aryl methyl sites for hydroxylation is 1. The lowest BCUT2D eigenvalue weighted by molar-refractivity contribution is 0.174. The van der Waals surface area contributed by atoms with Crippen LogP contribution < -0.4 is 14.2 Å². The van der Waals surface area contributed by atoms with Gasteiger partial charge in [0.2, 0.25) is 12.7 Å². The molecular weight excluding hydrogens is 270 g/mol. The van der Waals surface area contributed by atoms with E-state index in [4.69, 9.17) is 14.2 Å². The fraction of sp³-hybridized carbons (Fsp3) is 0.312. The molecule has 0 aliphatic carbocycles. The molecule has 3 rings (SSSR count). The fourth-order valence-electron chi connectivity index (χ4n) is 2.21. The van der Waals surface area contributed by atoms with Crippen molar-refractivity contribution in [1.82, 2.24) is 4.98 Å². The van der Waals surface area contributed by atoms with Gasteiger partial charge in [0, 0.05) is 17.8 Å². The van der Waals surface area contributed by atoms with Gasteiger partial charge in [0.1, 0.15) is 5.75 Å². The summed E-state index contributed by atoms with van der Waals surface area (Å²) in [7, 11) is 0. The van der Waals surface area contributed by atoms with Gasteiger partial charge in [-0.3, -0.25) is 0 Å². The normalized spacial score (nSPS) is 12.5. The summed E-state index contributed by atoms with van der Waals surface area (Å²) in [6.07, 6.45) is 1.84. The van der Waals surface area contributed by atoms with Crippen molar-refractivity contribution in [2.45, 2.75) is 26.4 Å². The highest BCUT2D eigenvalue weighted by Crippen LogP contribution is 2.36. The molecule has 0 radical (unpaired) electrons. The molecule has 0 amide bonds. The highest BCUT2D eigenvalue weighted by molar-refractivity contribution is 5.47. The minimum Gasteiger partial charge on any atom is -0.454 e. The molecule has 1 aliphatic heterocycles. The van der Waals surface area contributed by atoms with Crippen molar-refractivity contribution in [3.8, 4) is 23.1 Å². The summed E-state index contributed by atoms with van der Waals surface area (Å²) in [6.45, 7) is 2.29. The molecule has 0 saturated heterocycles. The Morgan fingerprint density at radius 2 is 2.05 bits per heavy atom. The second-order valence-electron chi connectivity index (χ2n) is 4.83. The number of fused-ring (bicyclic) bond motifs is 1. The minimum atomic E-state index is -0.0310. The molecule has 1 aromatic heterocycles. The number of hydrogen-bond donors (Lipinski definition) is 1. The van der Waals surface area contributed by atoms with Crippen molar-refractivity contribution in [3.05, 3.63) is 41.6 Å². The maximum Gasteiger partial charge on any atom is 0.231 e. The SMILES string of the molecule is CCCc1cc(CO)cc(Oc2ccc3c(c2)OCO3)n1. The quantitative estimate of drug-likeness (QED) is 0.915. The molecule has 1 aromatic carbocycles. The maximum atomic E-state index is 9.33. The van der Waals surface area contributed by atoms with Crippen LogP contribution in [0, 0.1) is 0 Å². The van der Waals surface area contributed by atoms with E-state index in [2.05, 4.69) is 11.9 Å². The molecule has 0 spiro atoms. The molecular formula is C16H17NO4. The van der Waals surface area contributed by atoms with E-state index in [1.165, 1.54) is 0 Å². The molecule has 5 heteroatoms. The standard InChI is InChI=1S/C16H17NO4/c1-2-3-12-6-11(9-18)7-16(17-12)21-13-4-5-14-15(8-13)20-10-19-14/h4-8,18H,2-3,9-10H2,1H3.